The first-order chi connectivity index (χ1) is 17.5. The maximum absolute atomic E-state index is 15.3. The lowest BCUT2D eigenvalue weighted by atomic mass is 10.1. The van der Waals surface area contributed by atoms with Gasteiger partial charge < -0.3 is 9.47 Å². The van der Waals surface area contributed by atoms with Gasteiger partial charge in [-0.05, 0) is 42.8 Å². The van der Waals surface area contributed by atoms with E-state index in [1.165, 1.54) is 18.5 Å². The van der Waals surface area contributed by atoms with E-state index in [4.69, 9.17) is 32.7 Å². The minimum atomic E-state index is -0.477. The number of benzene rings is 1. The smallest absolute Gasteiger partial charge is 0.151 e. The van der Waals surface area contributed by atoms with Crippen molar-refractivity contribution in [1.82, 2.24) is 25.1 Å². The van der Waals surface area contributed by atoms with Crippen molar-refractivity contribution in [3.8, 4) is 5.75 Å². The number of aromatic nitrogens is 4. The molecule has 1 fully saturated rings. The summed E-state index contributed by atoms with van der Waals surface area (Å²) in [4.78, 5) is 10.8. The highest BCUT2D eigenvalue weighted by Crippen LogP contribution is 2.34. The highest BCUT2D eigenvalue weighted by Gasteiger charge is 2.18. The number of hydrogen-bond donors (Lipinski definition) is 1. The zero-order chi connectivity index (χ0) is 25.1. The number of rotatable bonds is 7. The lowest BCUT2D eigenvalue weighted by Crippen LogP contribution is -2.35. The van der Waals surface area contributed by atoms with Crippen LogP contribution in [0.2, 0.25) is 10.0 Å². The standard InChI is InChI=1S/C26H24Cl2FN5O2/c1-16(25-21(27)13-30-14-22(25)28)36-19-4-5-24-20(11-19)26(33-32-24)23(29)10-17-2-3-18(31-12-17)15-34-6-8-35-9-7-34/h2-5,10-14,16H,6-9,15H2,1H3,(H,32,33)/b23-10-. The average molecular weight is 528 g/mol. The summed E-state index contributed by atoms with van der Waals surface area (Å²) in [6.45, 7) is 5.83. The van der Waals surface area contributed by atoms with E-state index in [1.54, 1.807) is 24.4 Å². The highest BCUT2D eigenvalue weighted by molar-refractivity contribution is 6.35. The van der Waals surface area contributed by atoms with Gasteiger partial charge in [0, 0.05) is 49.2 Å². The van der Waals surface area contributed by atoms with E-state index < -0.39 is 11.9 Å². The molecule has 1 aliphatic rings. The molecule has 0 amide bonds. The van der Waals surface area contributed by atoms with Crippen molar-refractivity contribution in [3.05, 3.63) is 81.5 Å². The molecule has 5 rings (SSSR count). The van der Waals surface area contributed by atoms with Crippen LogP contribution in [0.1, 0.15) is 35.5 Å². The summed E-state index contributed by atoms with van der Waals surface area (Å²) in [6.07, 6.45) is 5.69. The first kappa shape index (κ1) is 24.6. The predicted octanol–water partition coefficient (Wildman–Crippen LogP) is 6.10. The van der Waals surface area contributed by atoms with E-state index in [1.807, 2.05) is 19.1 Å². The maximum Gasteiger partial charge on any atom is 0.151 e. The maximum atomic E-state index is 15.3. The summed E-state index contributed by atoms with van der Waals surface area (Å²) < 4.78 is 26.7. The zero-order valence-electron chi connectivity index (χ0n) is 19.5. The Balaban J connectivity index is 1.34. The topological polar surface area (TPSA) is 76.2 Å². The number of H-pyrrole nitrogens is 1. The van der Waals surface area contributed by atoms with Gasteiger partial charge in [-0.3, -0.25) is 20.0 Å². The van der Waals surface area contributed by atoms with Crippen LogP contribution in [0.25, 0.3) is 22.8 Å². The summed E-state index contributed by atoms with van der Waals surface area (Å²) in [6, 6.07) is 9.09. The number of morpholine rings is 1. The fourth-order valence-corrected chi connectivity index (χ4v) is 4.81. The Bertz CT molecular complexity index is 1370. The summed E-state index contributed by atoms with van der Waals surface area (Å²) >= 11 is 12.5. The number of halogens is 3. The molecule has 3 aromatic heterocycles. The van der Waals surface area contributed by atoms with Crippen molar-refractivity contribution in [2.24, 2.45) is 0 Å². The number of pyridine rings is 2. The molecule has 1 atom stereocenters. The normalized spacial score (nSPS) is 15.8. The molecule has 0 aliphatic carbocycles. The highest BCUT2D eigenvalue weighted by atomic mass is 35.5. The van der Waals surface area contributed by atoms with Crippen molar-refractivity contribution in [2.45, 2.75) is 19.6 Å². The molecule has 4 aromatic rings. The fraction of sp³-hybridized carbons (Fsp3) is 0.269. The molecule has 7 nitrogen and oxygen atoms in total. The Hall–Kier alpha value is -3.04. The third kappa shape index (κ3) is 5.52. The van der Waals surface area contributed by atoms with Crippen LogP contribution in [-0.4, -0.2) is 51.4 Å². The molecule has 0 saturated carbocycles. The number of nitrogens with zero attached hydrogens (tertiary/aromatic N) is 4. The molecule has 186 valence electrons. The molecular weight excluding hydrogens is 504 g/mol. The number of hydrogen-bond acceptors (Lipinski definition) is 6. The van der Waals surface area contributed by atoms with E-state index in [2.05, 4.69) is 25.1 Å². The van der Waals surface area contributed by atoms with E-state index in [0.29, 0.717) is 37.8 Å². The molecule has 1 N–H and O–H groups in total. The van der Waals surface area contributed by atoms with E-state index >= 15 is 4.39 Å². The first-order valence-electron chi connectivity index (χ1n) is 11.5. The number of aromatic amines is 1. The van der Waals surface area contributed by atoms with Crippen LogP contribution in [-0.2, 0) is 11.3 Å². The first-order valence-corrected chi connectivity index (χ1v) is 12.3. The Labute approximate surface area is 217 Å². The van der Waals surface area contributed by atoms with Crippen LogP contribution in [0.4, 0.5) is 4.39 Å². The van der Waals surface area contributed by atoms with Crippen molar-refractivity contribution >= 4 is 46.0 Å². The van der Waals surface area contributed by atoms with Gasteiger partial charge in [-0.2, -0.15) is 5.10 Å². The quantitative estimate of drug-likeness (QED) is 0.313. The van der Waals surface area contributed by atoms with Gasteiger partial charge in [-0.15, -0.1) is 0 Å². The van der Waals surface area contributed by atoms with Crippen molar-refractivity contribution < 1.29 is 13.9 Å². The second-order valence-electron chi connectivity index (χ2n) is 8.52. The molecule has 1 saturated heterocycles. The van der Waals surface area contributed by atoms with Crippen molar-refractivity contribution in [1.29, 1.82) is 0 Å². The van der Waals surface area contributed by atoms with Crippen molar-refractivity contribution in [3.63, 3.8) is 0 Å². The monoisotopic (exact) mass is 527 g/mol. The Morgan fingerprint density at radius 3 is 2.67 bits per heavy atom. The summed E-state index contributed by atoms with van der Waals surface area (Å²) in [5.41, 5.74) is 3.10. The Morgan fingerprint density at radius 2 is 1.94 bits per heavy atom. The molecular formula is C26H24Cl2FN5O2. The van der Waals surface area contributed by atoms with E-state index in [-0.39, 0.29) is 5.69 Å². The lowest BCUT2D eigenvalue weighted by molar-refractivity contribution is 0.0336. The number of ether oxygens (including phenoxy) is 2. The van der Waals surface area contributed by atoms with Gasteiger partial charge >= 0.3 is 0 Å². The third-order valence-corrected chi connectivity index (χ3v) is 6.60. The van der Waals surface area contributed by atoms with Gasteiger partial charge in [0.1, 0.15) is 17.5 Å². The summed E-state index contributed by atoms with van der Waals surface area (Å²) in [5, 5.41) is 8.48. The van der Waals surface area contributed by atoms with Gasteiger partial charge in [0.2, 0.25) is 0 Å². The largest absolute Gasteiger partial charge is 0.486 e. The molecule has 1 unspecified atom stereocenters. The second-order valence-corrected chi connectivity index (χ2v) is 9.33. The SMILES string of the molecule is CC(Oc1ccc2[nH]nc(/C(F)=C/c3ccc(CN4CCOCC4)nc3)c2c1)c1c(Cl)cncc1Cl. The molecule has 1 aromatic carbocycles. The van der Waals surface area contributed by atoms with Gasteiger partial charge in [0.05, 0.1) is 34.5 Å². The van der Waals surface area contributed by atoms with Crippen molar-refractivity contribution in [2.75, 3.05) is 26.3 Å². The summed E-state index contributed by atoms with van der Waals surface area (Å²) in [7, 11) is 0. The van der Waals surface area contributed by atoms with Crippen LogP contribution < -0.4 is 4.74 Å². The van der Waals surface area contributed by atoms with E-state index in [0.717, 1.165) is 38.5 Å². The van der Waals surface area contributed by atoms with Crippen LogP contribution in [0.5, 0.6) is 5.75 Å². The molecule has 1 aliphatic heterocycles. The van der Waals surface area contributed by atoms with Crippen LogP contribution in [0.3, 0.4) is 0 Å². The Kier molecular flexibility index (Phi) is 7.48. The van der Waals surface area contributed by atoms with Gasteiger partial charge in [-0.1, -0.05) is 29.3 Å². The molecule has 0 bridgehead atoms. The van der Waals surface area contributed by atoms with Gasteiger partial charge in [0.25, 0.3) is 0 Å². The second kappa shape index (κ2) is 10.9. The average Bonchev–Trinajstić information content (AvgIpc) is 3.29. The lowest BCUT2D eigenvalue weighted by Gasteiger charge is -2.26. The van der Waals surface area contributed by atoms with E-state index in [9.17, 15) is 0 Å². The zero-order valence-corrected chi connectivity index (χ0v) is 21.1. The van der Waals surface area contributed by atoms with Crippen LogP contribution in [0, 0.1) is 0 Å². The molecule has 36 heavy (non-hydrogen) atoms. The van der Waals surface area contributed by atoms with Crippen LogP contribution in [0.15, 0.2) is 48.9 Å². The Morgan fingerprint density at radius 1 is 1.17 bits per heavy atom. The molecule has 10 heteroatoms. The fourth-order valence-electron chi connectivity index (χ4n) is 4.14. The minimum absolute atomic E-state index is 0.195. The molecule has 0 spiro atoms. The third-order valence-electron chi connectivity index (χ3n) is 6.00. The number of fused-ring (bicyclic) bond motifs is 1. The van der Waals surface area contributed by atoms with Gasteiger partial charge in [-0.25, -0.2) is 4.39 Å². The molecule has 4 heterocycles. The molecule has 0 radical (unpaired) electrons. The van der Waals surface area contributed by atoms with Crippen LogP contribution >= 0.6 is 23.2 Å². The predicted molar refractivity (Wildman–Crippen MR) is 139 cm³/mol. The number of nitrogens with one attached hydrogen (secondary N) is 1. The minimum Gasteiger partial charge on any atom is -0.486 e. The summed E-state index contributed by atoms with van der Waals surface area (Å²) in [5.74, 6) is 0.0536. The van der Waals surface area contributed by atoms with Gasteiger partial charge in [0.15, 0.2) is 5.83 Å².